The van der Waals surface area contributed by atoms with E-state index < -0.39 is 0 Å². The fourth-order valence-electron chi connectivity index (χ4n) is 1.19. The summed E-state index contributed by atoms with van der Waals surface area (Å²) in [6.07, 6.45) is 10.4. The molecular formula is C9H14N4. The summed E-state index contributed by atoms with van der Waals surface area (Å²) in [6.45, 7) is 0. The molecule has 4 nitrogen and oxygen atoms in total. The van der Waals surface area contributed by atoms with Gasteiger partial charge in [-0.15, -0.1) is 12.3 Å². The van der Waals surface area contributed by atoms with E-state index in [9.17, 15) is 0 Å². The SMILES string of the molecule is C#CCCC(NN)c1cnn(C)c1. The van der Waals surface area contributed by atoms with Crippen LogP contribution in [0.4, 0.5) is 0 Å². The first-order valence-electron chi connectivity index (χ1n) is 4.16. The fraction of sp³-hybridized carbons (Fsp3) is 0.444. The van der Waals surface area contributed by atoms with Crippen LogP contribution in [0.25, 0.3) is 0 Å². The third-order valence-corrected chi connectivity index (χ3v) is 1.91. The van der Waals surface area contributed by atoms with Crippen molar-refractivity contribution in [3.05, 3.63) is 18.0 Å². The van der Waals surface area contributed by atoms with Crippen LogP contribution < -0.4 is 11.3 Å². The van der Waals surface area contributed by atoms with Crippen molar-refractivity contribution in [3.63, 3.8) is 0 Å². The highest BCUT2D eigenvalue weighted by Gasteiger charge is 2.09. The average molecular weight is 178 g/mol. The van der Waals surface area contributed by atoms with Crippen LogP contribution in [0.1, 0.15) is 24.4 Å². The van der Waals surface area contributed by atoms with Crippen molar-refractivity contribution in [2.75, 3.05) is 0 Å². The maximum Gasteiger partial charge on any atom is 0.0538 e. The van der Waals surface area contributed by atoms with Crippen molar-refractivity contribution in [3.8, 4) is 12.3 Å². The van der Waals surface area contributed by atoms with Gasteiger partial charge in [-0.3, -0.25) is 16.0 Å². The molecule has 4 heteroatoms. The lowest BCUT2D eigenvalue weighted by Gasteiger charge is -2.11. The van der Waals surface area contributed by atoms with E-state index in [0.29, 0.717) is 6.42 Å². The Morgan fingerprint density at radius 2 is 2.62 bits per heavy atom. The summed E-state index contributed by atoms with van der Waals surface area (Å²) in [7, 11) is 1.87. The Balaban J connectivity index is 2.62. The second kappa shape index (κ2) is 4.65. The van der Waals surface area contributed by atoms with Crippen molar-refractivity contribution >= 4 is 0 Å². The van der Waals surface area contributed by atoms with Crippen LogP contribution in [0.5, 0.6) is 0 Å². The van der Waals surface area contributed by atoms with E-state index in [2.05, 4.69) is 16.4 Å². The summed E-state index contributed by atoms with van der Waals surface area (Å²) in [5.41, 5.74) is 3.79. The van der Waals surface area contributed by atoms with Crippen LogP contribution in [0.3, 0.4) is 0 Å². The first-order valence-corrected chi connectivity index (χ1v) is 4.16. The number of terminal acetylenes is 1. The second-order valence-corrected chi connectivity index (χ2v) is 2.91. The van der Waals surface area contributed by atoms with Gasteiger partial charge < -0.3 is 0 Å². The highest BCUT2D eigenvalue weighted by molar-refractivity contribution is 5.10. The van der Waals surface area contributed by atoms with E-state index >= 15 is 0 Å². The minimum atomic E-state index is 0.102. The van der Waals surface area contributed by atoms with Crippen LogP contribution in [-0.4, -0.2) is 9.78 Å². The van der Waals surface area contributed by atoms with Gasteiger partial charge in [0.2, 0.25) is 0 Å². The van der Waals surface area contributed by atoms with Crippen molar-refractivity contribution in [1.29, 1.82) is 0 Å². The van der Waals surface area contributed by atoms with Crippen LogP contribution in [-0.2, 0) is 7.05 Å². The van der Waals surface area contributed by atoms with Gasteiger partial charge in [0, 0.05) is 31.3 Å². The second-order valence-electron chi connectivity index (χ2n) is 2.91. The van der Waals surface area contributed by atoms with E-state index in [4.69, 9.17) is 12.3 Å². The summed E-state index contributed by atoms with van der Waals surface area (Å²) in [5.74, 6) is 7.99. The highest BCUT2D eigenvalue weighted by atomic mass is 15.3. The smallest absolute Gasteiger partial charge is 0.0538 e. The van der Waals surface area contributed by atoms with E-state index in [1.54, 1.807) is 10.9 Å². The van der Waals surface area contributed by atoms with Crippen molar-refractivity contribution in [2.24, 2.45) is 12.9 Å². The van der Waals surface area contributed by atoms with Crippen LogP contribution in [0.15, 0.2) is 12.4 Å². The number of rotatable bonds is 4. The Kier molecular flexibility index (Phi) is 3.50. The van der Waals surface area contributed by atoms with E-state index in [-0.39, 0.29) is 6.04 Å². The zero-order chi connectivity index (χ0) is 9.68. The summed E-state index contributed by atoms with van der Waals surface area (Å²) in [6, 6.07) is 0.102. The molecule has 1 unspecified atom stereocenters. The molecule has 1 aromatic rings. The minimum absolute atomic E-state index is 0.102. The number of aromatic nitrogens is 2. The largest absolute Gasteiger partial charge is 0.275 e. The van der Waals surface area contributed by atoms with Gasteiger partial charge in [0.1, 0.15) is 0 Å². The van der Waals surface area contributed by atoms with Gasteiger partial charge in [-0.25, -0.2) is 0 Å². The van der Waals surface area contributed by atoms with Gasteiger partial charge >= 0.3 is 0 Å². The van der Waals surface area contributed by atoms with Crippen LogP contribution >= 0.6 is 0 Å². The van der Waals surface area contributed by atoms with Crippen molar-refractivity contribution in [2.45, 2.75) is 18.9 Å². The molecule has 0 aliphatic rings. The quantitative estimate of drug-likeness (QED) is 0.397. The third kappa shape index (κ3) is 2.58. The monoisotopic (exact) mass is 178 g/mol. The normalized spacial score (nSPS) is 12.4. The lowest BCUT2D eigenvalue weighted by atomic mass is 10.1. The molecule has 0 saturated heterocycles. The van der Waals surface area contributed by atoms with Crippen LogP contribution in [0.2, 0.25) is 0 Å². The molecule has 1 rings (SSSR count). The third-order valence-electron chi connectivity index (χ3n) is 1.91. The van der Waals surface area contributed by atoms with E-state index in [0.717, 1.165) is 12.0 Å². The predicted octanol–water partition coefficient (Wildman–Crippen LogP) is 0.338. The fourth-order valence-corrected chi connectivity index (χ4v) is 1.19. The number of hydrazine groups is 1. The molecule has 3 N–H and O–H groups in total. The molecule has 0 radical (unpaired) electrons. The van der Waals surface area contributed by atoms with Gasteiger partial charge in [-0.05, 0) is 6.42 Å². The van der Waals surface area contributed by atoms with Crippen molar-refractivity contribution in [1.82, 2.24) is 15.2 Å². The summed E-state index contributed by atoms with van der Waals surface area (Å²) in [5, 5.41) is 4.06. The zero-order valence-corrected chi connectivity index (χ0v) is 7.70. The standard InChI is InChI=1S/C9H14N4/c1-3-4-5-9(12-10)8-6-11-13(2)7-8/h1,6-7,9,12H,4-5,10H2,2H3. The molecular weight excluding hydrogens is 164 g/mol. The number of hydrogen-bond donors (Lipinski definition) is 2. The van der Waals surface area contributed by atoms with Crippen LogP contribution in [0, 0.1) is 12.3 Å². The Morgan fingerprint density at radius 1 is 1.85 bits per heavy atom. The van der Waals surface area contributed by atoms with Crippen molar-refractivity contribution < 1.29 is 0 Å². The molecule has 70 valence electrons. The van der Waals surface area contributed by atoms with E-state index in [1.807, 2.05) is 13.2 Å². The zero-order valence-electron chi connectivity index (χ0n) is 7.70. The number of nitrogens with two attached hydrogens (primary N) is 1. The first-order chi connectivity index (χ1) is 6.27. The summed E-state index contributed by atoms with van der Waals surface area (Å²) < 4.78 is 1.75. The molecule has 0 aliphatic carbocycles. The molecule has 1 heterocycles. The predicted molar refractivity (Wildman–Crippen MR) is 51.3 cm³/mol. The van der Waals surface area contributed by atoms with Gasteiger partial charge in [0.25, 0.3) is 0 Å². The molecule has 0 saturated carbocycles. The topological polar surface area (TPSA) is 55.9 Å². The first kappa shape index (κ1) is 9.78. The van der Waals surface area contributed by atoms with Gasteiger partial charge in [-0.2, -0.15) is 5.10 Å². The molecule has 0 aromatic carbocycles. The van der Waals surface area contributed by atoms with Gasteiger partial charge in [0.15, 0.2) is 0 Å². The summed E-state index contributed by atoms with van der Waals surface area (Å²) in [4.78, 5) is 0. The number of aryl methyl sites for hydroxylation is 1. The lowest BCUT2D eigenvalue weighted by molar-refractivity contribution is 0.523. The van der Waals surface area contributed by atoms with E-state index in [1.165, 1.54) is 0 Å². The number of nitrogens with one attached hydrogen (secondary N) is 1. The lowest BCUT2D eigenvalue weighted by Crippen LogP contribution is -2.27. The number of hydrogen-bond acceptors (Lipinski definition) is 3. The van der Waals surface area contributed by atoms with Gasteiger partial charge in [0.05, 0.1) is 6.20 Å². The molecule has 0 aliphatic heterocycles. The number of nitrogens with zero attached hydrogens (tertiary/aromatic N) is 2. The molecule has 0 amide bonds. The minimum Gasteiger partial charge on any atom is -0.275 e. The molecule has 13 heavy (non-hydrogen) atoms. The molecule has 0 spiro atoms. The highest BCUT2D eigenvalue weighted by Crippen LogP contribution is 2.15. The molecule has 0 bridgehead atoms. The molecule has 1 aromatic heterocycles. The van der Waals surface area contributed by atoms with Gasteiger partial charge in [-0.1, -0.05) is 0 Å². The molecule has 0 fully saturated rings. The maximum absolute atomic E-state index is 5.40. The average Bonchev–Trinajstić information content (AvgIpc) is 2.54. The maximum atomic E-state index is 5.40. The Morgan fingerprint density at radius 3 is 3.08 bits per heavy atom. The Labute approximate surface area is 78.1 Å². The summed E-state index contributed by atoms with van der Waals surface area (Å²) >= 11 is 0. The molecule has 1 atom stereocenters. The Bertz CT molecular complexity index is 297. The Hall–Kier alpha value is -1.31.